The van der Waals surface area contributed by atoms with Crippen molar-refractivity contribution in [3.63, 3.8) is 0 Å². The van der Waals surface area contributed by atoms with E-state index in [9.17, 15) is 18.0 Å². The number of hydrogen-bond acceptors (Lipinski definition) is 4. The van der Waals surface area contributed by atoms with Gasteiger partial charge in [0.1, 0.15) is 11.6 Å². The minimum absolute atomic E-state index is 0.0486. The maximum Gasteiger partial charge on any atom is 0.417 e. The van der Waals surface area contributed by atoms with Crippen LogP contribution >= 0.6 is 23.2 Å². The largest absolute Gasteiger partial charge is 0.417 e. The molecule has 0 N–H and O–H groups in total. The number of hydrogen-bond donors (Lipinski definition) is 0. The first-order valence-corrected chi connectivity index (χ1v) is 7.55. The van der Waals surface area contributed by atoms with Gasteiger partial charge in [-0.2, -0.15) is 18.2 Å². The second-order valence-corrected chi connectivity index (χ2v) is 5.87. The summed E-state index contributed by atoms with van der Waals surface area (Å²) in [6.45, 7) is -0.351. The Morgan fingerprint density at radius 2 is 1.96 bits per heavy atom. The smallest absolute Gasteiger partial charge is 0.337 e. The molecule has 0 saturated heterocycles. The van der Waals surface area contributed by atoms with Crippen LogP contribution in [0.25, 0.3) is 11.4 Å². The monoisotopic (exact) mass is 389 g/mol. The van der Waals surface area contributed by atoms with Crippen LogP contribution in [0.5, 0.6) is 0 Å². The highest BCUT2D eigenvalue weighted by Gasteiger charge is 2.32. The van der Waals surface area contributed by atoms with Gasteiger partial charge < -0.3 is 9.09 Å². The van der Waals surface area contributed by atoms with Crippen molar-refractivity contribution in [2.75, 3.05) is 0 Å². The molecule has 1 aromatic carbocycles. The third kappa shape index (κ3) is 3.85. The minimum Gasteiger partial charge on any atom is -0.337 e. The van der Waals surface area contributed by atoms with Crippen LogP contribution in [0.15, 0.2) is 45.8 Å². The van der Waals surface area contributed by atoms with E-state index in [1.165, 1.54) is 0 Å². The molecule has 2 aromatic heterocycles. The van der Waals surface area contributed by atoms with Crippen molar-refractivity contribution in [1.82, 2.24) is 14.7 Å². The van der Waals surface area contributed by atoms with Gasteiger partial charge in [-0.05, 0) is 18.2 Å². The van der Waals surface area contributed by atoms with Crippen molar-refractivity contribution in [3.05, 3.63) is 68.4 Å². The first-order chi connectivity index (χ1) is 11.7. The Bertz CT molecular complexity index is 983. The molecule has 10 heteroatoms. The molecule has 0 aliphatic rings. The Labute approximate surface area is 148 Å². The molecular weight excluding hydrogens is 382 g/mol. The summed E-state index contributed by atoms with van der Waals surface area (Å²) in [4.78, 5) is 16.0. The molecule has 5 nitrogen and oxygen atoms in total. The SMILES string of the molecule is O=c1c(Cl)cc(C(F)(F)F)cn1Cc1nc(-c2cccc(Cl)c2)no1. The first-order valence-electron chi connectivity index (χ1n) is 6.80. The molecule has 0 radical (unpaired) electrons. The van der Waals surface area contributed by atoms with Crippen LogP contribution in [-0.4, -0.2) is 14.7 Å². The minimum atomic E-state index is -4.64. The Balaban J connectivity index is 1.94. The molecule has 0 atom stereocenters. The Morgan fingerprint density at radius 1 is 1.20 bits per heavy atom. The van der Waals surface area contributed by atoms with Crippen LogP contribution in [0.4, 0.5) is 13.2 Å². The summed E-state index contributed by atoms with van der Waals surface area (Å²) in [6.07, 6.45) is -3.99. The van der Waals surface area contributed by atoms with Gasteiger partial charge >= 0.3 is 6.18 Å². The van der Waals surface area contributed by atoms with Crippen molar-refractivity contribution in [1.29, 1.82) is 0 Å². The van der Waals surface area contributed by atoms with E-state index in [0.717, 1.165) is 4.57 Å². The van der Waals surface area contributed by atoms with Crippen molar-refractivity contribution < 1.29 is 17.7 Å². The highest BCUT2D eigenvalue weighted by atomic mass is 35.5. The molecular formula is C15H8Cl2F3N3O2. The lowest BCUT2D eigenvalue weighted by Crippen LogP contribution is -2.23. The number of pyridine rings is 1. The van der Waals surface area contributed by atoms with Crippen LogP contribution in [-0.2, 0) is 12.7 Å². The van der Waals surface area contributed by atoms with E-state index in [0.29, 0.717) is 22.8 Å². The Morgan fingerprint density at radius 3 is 2.64 bits per heavy atom. The van der Waals surface area contributed by atoms with Gasteiger partial charge in [-0.3, -0.25) is 4.79 Å². The quantitative estimate of drug-likeness (QED) is 0.670. The molecule has 25 heavy (non-hydrogen) atoms. The van der Waals surface area contributed by atoms with Crippen molar-refractivity contribution >= 4 is 23.2 Å². The van der Waals surface area contributed by atoms with Gasteiger partial charge in [0.15, 0.2) is 0 Å². The highest BCUT2D eigenvalue weighted by molar-refractivity contribution is 6.31. The maximum atomic E-state index is 12.8. The molecule has 2 heterocycles. The fourth-order valence-electron chi connectivity index (χ4n) is 2.08. The lowest BCUT2D eigenvalue weighted by atomic mass is 10.2. The molecule has 0 fully saturated rings. The predicted molar refractivity (Wildman–Crippen MR) is 84.6 cm³/mol. The Kier molecular flexibility index (Phi) is 4.57. The summed E-state index contributed by atoms with van der Waals surface area (Å²) >= 11 is 11.5. The average Bonchev–Trinajstić information content (AvgIpc) is 2.99. The van der Waals surface area contributed by atoms with Gasteiger partial charge in [0.2, 0.25) is 11.7 Å². The van der Waals surface area contributed by atoms with E-state index in [1.807, 2.05) is 0 Å². The lowest BCUT2D eigenvalue weighted by Gasteiger charge is -2.10. The second-order valence-electron chi connectivity index (χ2n) is 5.03. The molecule has 3 aromatic rings. The number of rotatable bonds is 3. The standard InChI is InChI=1S/C15H8Cl2F3N3O2/c16-10-3-1-2-8(4-10)13-21-12(25-22-13)7-23-6-9(15(18,19)20)5-11(17)14(23)24/h1-6H,7H2. The lowest BCUT2D eigenvalue weighted by molar-refractivity contribution is -0.138. The van der Waals surface area contributed by atoms with E-state index in [-0.39, 0.29) is 18.3 Å². The molecule has 0 aliphatic carbocycles. The molecule has 0 amide bonds. The third-order valence-electron chi connectivity index (χ3n) is 3.23. The van der Waals surface area contributed by atoms with Gasteiger partial charge in [-0.1, -0.05) is 40.5 Å². The summed E-state index contributed by atoms with van der Waals surface area (Å²) in [5, 5.41) is 3.64. The summed E-state index contributed by atoms with van der Waals surface area (Å²) < 4.78 is 44.3. The van der Waals surface area contributed by atoms with E-state index >= 15 is 0 Å². The predicted octanol–water partition coefficient (Wildman–Crippen LogP) is 4.27. The number of halogens is 5. The fourth-order valence-corrected chi connectivity index (χ4v) is 2.50. The van der Waals surface area contributed by atoms with E-state index in [4.69, 9.17) is 27.7 Å². The molecule has 3 rings (SSSR count). The second kappa shape index (κ2) is 6.53. The summed E-state index contributed by atoms with van der Waals surface area (Å²) in [6, 6.07) is 7.21. The Hall–Kier alpha value is -2.32. The number of alkyl halides is 3. The van der Waals surface area contributed by atoms with E-state index < -0.39 is 22.3 Å². The van der Waals surface area contributed by atoms with Gasteiger partial charge in [0.25, 0.3) is 5.56 Å². The van der Waals surface area contributed by atoms with Crippen molar-refractivity contribution in [3.8, 4) is 11.4 Å². The van der Waals surface area contributed by atoms with Crippen molar-refractivity contribution in [2.24, 2.45) is 0 Å². The van der Waals surface area contributed by atoms with Crippen LogP contribution < -0.4 is 5.56 Å². The van der Waals surface area contributed by atoms with E-state index in [2.05, 4.69) is 10.1 Å². The number of nitrogens with zero attached hydrogens (tertiary/aromatic N) is 3. The average molecular weight is 390 g/mol. The van der Waals surface area contributed by atoms with Gasteiger partial charge in [-0.15, -0.1) is 0 Å². The van der Waals surface area contributed by atoms with Crippen LogP contribution in [0, 0.1) is 0 Å². The third-order valence-corrected chi connectivity index (χ3v) is 3.73. The summed E-state index contributed by atoms with van der Waals surface area (Å²) in [5.41, 5.74) is -1.28. The molecule has 0 aliphatic heterocycles. The van der Waals surface area contributed by atoms with Crippen LogP contribution in [0.3, 0.4) is 0 Å². The van der Waals surface area contributed by atoms with Crippen molar-refractivity contribution in [2.45, 2.75) is 12.7 Å². The molecule has 0 unspecified atom stereocenters. The topological polar surface area (TPSA) is 60.9 Å². The zero-order valence-corrected chi connectivity index (χ0v) is 13.7. The molecule has 0 saturated carbocycles. The number of aromatic nitrogens is 3. The van der Waals surface area contributed by atoms with Gasteiger partial charge in [0, 0.05) is 16.8 Å². The van der Waals surface area contributed by atoms with Gasteiger partial charge in [-0.25, -0.2) is 0 Å². The first kappa shape index (κ1) is 17.5. The fraction of sp³-hybridized carbons (Fsp3) is 0.133. The van der Waals surface area contributed by atoms with E-state index in [1.54, 1.807) is 24.3 Å². The zero-order valence-electron chi connectivity index (χ0n) is 12.2. The summed E-state index contributed by atoms with van der Waals surface area (Å²) in [5.74, 6) is 0.149. The highest BCUT2D eigenvalue weighted by Crippen LogP contribution is 2.29. The molecule has 130 valence electrons. The normalized spacial score (nSPS) is 11.7. The van der Waals surface area contributed by atoms with Crippen LogP contribution in [0.1, 0.15) is 11.5 Å². The van der Waals surface area contributed by atoms with Gasteiger partial charge in [0.05, 0.1) is 5.56 Å². The zero-order chi connectivity index (χ0) is 18.2. The summed E-state index contributed by atoms with van der Waals surface area (Å²) in [7, 11) is 0. The molecule has 0 bridgehead atoms. The molecule has 0 spiro atoms. The van der Waals surface area contributed by atoms with Crippen LogP contribution in [0.2, 0.25) is 10.0 Å². The maximum absolute atomic E-state index is 12.8. The number of benzene rings is 1.